The second kappa shape index (κ2) is 11.1. The van der Waals surface area contributed by atoms with Crippen molar-refractivity contribution >= 4 is 51.9 Å². The molecule has 9 nitrogen and oxygen atoms in total. The summed E-state index contributed by atoms with van der Waals surface area (Å²) in [5, 5.41) is 15.3. The lowest BCUT2D eigenvalue weighted by Gasteiger charge is -2.21. The highest BCUT2D eigenvalue weighted by molar-refractivity contribution is 14.1. The summed E-state index contributed by atoms with van der Waals surface area (Å²) in [6, 6.07) is 8.80. The number of benzene rings is 2. The van der Waals surface area contributed by atoms with Crippen LogP contribution in [-0.4, -0.2) is 39.1 Å². The molecule has 1 unspecified atom stereocenters. The van der Waals surface area contributed by atoms with E-state index >= 15 is 0 Å². The number of ether oxygens (including phenoxy) is 2. The Morgan fingerprint density at radius 1 is 1.11 bits per heavy atom. The van der Waals surface area contributed by atoms with Crippen molar-refractivity contribution < 1.29 is 19.1 Å². The molecule has 2 heterocycles. The fourth-order valence-corrected chi connectivity index (χ4v) is 5.58. The Kier molecular flexibility index (Phi) is 8.08. The highest BCUT2D eigenvalue weighted by Crippen LogP contribution is 2.33. The Labute approximate surface area is 227 Å². The van der Waals surface area contributed by atoms with Gasteiger partial charge in [0.25, 0.3) is 5.91 Å². The highest BCUT2D eigenvalue weighted by Gasteiger charge is 2.26. The molecule has 0 saturated heterocycles. The van der Waals surface area contributed by atoms with E-state index in [1.165, 1.54) is 11.8 Å². The van der Waals surface area contributed by atoms with Crippen molar-refractivity contribution in [3.8, 4) is 11.5 Å². The highest BCUT2D eigenvalue weighted by atomic mass is 127. The Balaban J connectivity index is 1.42. The molecule has 1 aliphatic heterocycles. The van der Waals surface area contributed by atoms with Crippen LogP contribution < -0.4 is 20.1 Å². The molecule has 1 aromatic heterocycles. The zero-order valence-electron chi connectivity index (χ0n) is 20.7. The smallest absolute Gasteiger partial charge is 0.252 e. The molecule has 2 amide bonds. The molecule has 190 valence electrons. The number of carbonyl (C=O) groups is 2. The predicted molar refractivity (Wildman–Crippen MR) is 147 cm³/mol. The van der Waals surface area contributed by atoms with Gasteiger partial charge < -0.3 is 24.7 Å². The van der Waals surface area contributed by atoms with Crippen LogP contribution >= 0.6 is 34.4 Å². The third-order valence-electron chi connectivity index (χ3n) is 5.83. The topological polar surface area (TPSA) is 107 Å². The molecule has 0 aliphatic carbocycles. The second-order valence-electron chi connectivity index (χ2n) is 8.91. The van der Waals surface area contributed by atoms with Gasteiger partial charge in [-0.25, -0.2) is 0 Å². The number of rotatable bonds is 8. The van der Waals surface area contributed by atoms with E-state index in [2.05, 4.69) is 43.4 Å². The van der Waals surface area contributed by atoms with Gasteiger partial charge in [0.2, 0.25) is 12.7 Å². The van der Waals surface area contributed by atoms with Crippen molar-refractivity contribution in [1.29, 1.82) is 0 Å². The Morgan fingerprint density at radius 2 is 1.81 bits per heavy atom. The first-order valence-corrected chi connectivity index (χ1v) is 13.5. The van der Waals surface area contributed by atoms with E-state index in [-0.39, 0.29) is 36.3 Å². The lowest BCUT2D eigenvalue weighted by atomic mass is 10.0. The number of hydrogen-bond donors (Lipinski definition) is 2. The van der Waals surface area contributed by atoms with Gasteiger partial charge in [-0.15, -0.1) is 10.2 Å². The summed E-state index contributed by atoms with van der Waals surface area (Å²) in [6.45, 7) is 8.13. The summed E-state index contributed by atoms with van der Waals surface area (Å²) in [5.41, 5.74) is 3.36. The fourth-order valence-electron chi connectivity index (χ4n) is 3.93. The molecule has 3 aromatic rings. The lowest BCUT2D eigenvalue weighted by molar-refractivity contribution is -0.113. The number of aryl methyl sites for hydroxylation is 2. The molecule has 11 heteroatoms. The molecule has 1 aliphatic rings. The number of nitrogens with zero attached hydrogens (tertiary/aromatic N) is 3. The van der Waals surface area contributed by atoms with Crippen LogP contribution in [-0.2, 0) is 11.8 Å². The van der Waals surface area contributed by atoms with Gasteiger partial charge in [0.05, 0.1) is 11.8 Å². The number of amides is 2. The predicted octanol–water partition coefficient (Wildman–Crippen LogP) is 4.62. The zero-order valence-corrected chi connectivity index (χ0v) is 23.7. The van der Waals surface area contributed by atoms with Crippen molar-refractivity contribution in [2.45, 2.75) is 38.9 Å². The summed E-state index contributed by atoms with van der Waals surface area (Å²) >= 11 is 3.57. The molecule has 36 heavy (non-hydrogen) atoms. The molecular weight excluding hydrogens is 593 g/mol. The van der Waals surface area contributed by atoms with Crippen molar-refractivity contribution in [2.75, 3.05) is 17.9 Å². The van der Waals surface area contributed by atoms with Gasteiger partial charge in [0.1, 0.15) is 0 Å². The molecule has 1 atom stereocenters. The van der Waals surface area contributed by atoms with Gasteiger partial charge >= 0.3 is 0 Å². The Bertz CT molecular complexity index is 1290. The minimum absolute atomic E-state index is 0.0545. The van der Waals surface area contributed by atoms with Crippen LogP contribution in [0.1, 0.15) is 47.2 Å². The van der Waals surface area contributed by atoms with Crippen LogP contribution in [0.2, 0.25) is 0 Å². The number of anilines is 1. The number of carbonyl (C=O) groups excluding carboxylic acids is 2. The summed E-state index contributed by atoms with van der Waals surface area (Å²) in [6.07, 6.45) is 0. The standard InChI is InChI=1S/C25H28IN5O4S/c1-13(2)21(28-24(33)16-6-7-18-19(10-16)35-12-34-18)23-29-30-25(31(23)5)36-11-20(32)27-22-14(3)8-17(26)9-15(22)4/h6-10,13,21H,11-12H2,1-5H3,(H,27,32)(H,28,33). The molecule has 0 spiro atoms. The molecule has 0 bridgehead atoms. The van der Waals surface area contributed by atoms with Gasteiger partial charge in [-0.3, -0.25) is 9.59 Å². The van der Waals surface area contributed by atoms with Gasteiger partial charge in [-0.05, 0) is 83.8 Å². The first-order valence-electron chi connectivity index (χ1n) is 11.4. The van der Waals surface area contributed by atoms with E-state index < -0.39 is 0 Å². The van der Waals surface area contributed by atoms with Crippen LogP contribution in [0.3, 0.4) is 0 Å². The van der Waals surface area contributed by atoms with Crippen molar-refractivity contribution in [3.05, 3.63) is 56.4 Å². The van der Waals surface area contributed by atoms with Crippen molar-refractivity contribution in [1.82, 2.24) is 20.1 Å². The van der Waals surface area contributed by atoms with Crippen molar-refractivity contribution in [2.24, 2.45) is 13.0 Å². The number of thioether (sulfide) groups is 1. The van der Waals surface area contributed by atoms with Crippen molar-refractivity contribution in [3.63, 3.8) is 0 Å². The minimum Gasteiger partial charge on any atom is -0.454 e. The van der Waals surface area contributed by atoms with E-state index in [9.17, 15) is 9.59 Å². The van der Waals surface area contributed by atoms with E-state index in [1.807, 2.05) is 51.4 Å². The van der Waals surface area contributed by atoms with E-state index in [0.717, 1.165) is 20.4 Å². The molecule has 2 N–H and O–H groups in total. The average molecular weight is 622 g/mol. The molecule has 4 rings (SSSR count). The van der Waals surface area contributed by atoms with Gasteiger partial charge in [-0.1, -0.05) is 25.6 Å². The molecular formula is C25H28IN5O4S. The van der Waals surface area contributed by atoms with E-state index in [0.29, 0.717) is 28.0 Å². The Hall–Kier alpha value is -2.80. The molecule has 2 aromatic carbocycles. The van der Waals surface area contributed by atoms with Gasteiger partial charge in [0, 0.05) is 21.9 Å². The third-order valence-corrected chi connectivity index (χ3v) is 7.47. The summed E-state index contributed by atoms with van der Waals surface area (Å²) < 4.78 is 13.7. The number of aromatic nitrogens is 3. The third kappa shape index (κ3) is 5.77. The minimum atomic E-state index is -0.374. The van der Waals surface area contributed by atoms with Crippen LogP contribution in [0.15, 0.2) is 35.5 Å². The second-order valence-corrected chi connectivity index (χ2v) is 11.1. The van der Waals surface area contributed by atoms with Crippen LogP contribution in [0, 0.1) is 23.3 Å². The van der Waals surface area contributed by atoms with Gasteiger partial charge in [-0.2, -0.15) is 0 Å². The summed E-state index contributed by atoms with van der Waals surface area (Å²) in [4.78, 5) is 25.6. The van der Waals surface area contributed by atoms with Gasteiger partial charge in [0.15, 0.2) is 22.5 Å². The zero-order chi connectivity index (χ0) is 26.0. The average Bonchev–Trinajstić information content (AvgIpc) is 3.44. The quantitative estimate of drug-likeness (QED) is 0.279. The first-order chi connectivity index (χ1) is 17.1. The normalized spacial score (nSPS) is 13.1. The SMILES string of the molecule is Cc1cc(I)cc(C)c1NC(=O)CSc1nnc(C(NC(=O)c2ccc3c(c2)OCO3)C(C)C)n1C. The maximum absolute atomic E-state index is 13.0. The van der Waals surface area contributed by atoms with Crippen LogP contribution in [0.25, 0.3) is 0 Å². The molecule has 0 fully saturated rings. The van der Waals surface area contributed by atoms with Crippen LogP contribution in [0.4, 0.5) is 5.69 Å². The Morgan fingerprint density at radius 3 is 2.50 bits per heavy atom. The maximum Gasteiger partial charge on any atom is 0.252 e. The number of nitrogens with one attached hydrogen (secondary N) is 2. The summed E-state index contributed by atoms with van der Waals surface area (Å²) in [5.74, 6) is 1.67. The number of fused-ring (bicyclic) bond motifs is 1. The van der Waals surface area contributed by atoms with Crippen LogP contribution in [0.5, 0.6) is 11.5 Å². The monoisotopic (exact) mass is 621 g/mol. The number of hydrogen-bond acceptors (Lipinski definition) is 7. The lowest BCUT2D eigenvalue weighted by Crippen LogP contribution is -2.33. The fraction of sp³-hybridized carbons (Fsp3) is 0.360. The number of halogens is 1. The largest absolute Gasteiger partial charge is 0.454 e. The van der Waals surface area contributed by atoms with E-state index in [4.69, 9.17) is 9.47 Å². The first kappa shape index (κ1) is 26.3. The summed E-state index contributed by atoms with van der Waals surface area (Å²) in [7, 11) is 1.84. The van der Waals surface area contributed by atoms with E-state index in [1.54, 1.807) is 18.2 Å². The molecule has 0 radical (unpaired) electrons. The molecule has 0 saturated carbocycles. The maximum atomic E-state index is 13.0.